The first-order valence-electron chi connectivity index (χ1n) is 10.3. The summed E-state index contributed by atoms with van der Waals surface area (Å²) in [5.41, 5.74) is 3.75. The van der Waals surface area contributed by atoms with Crippen LogP contribution in [0.5, 0.6) is 0 Å². The summed E-state index contributed by atoms with van der Waals surface area (Å²) in [5.74, 6) is 7.82. The number of pyridine rings is 2. The molecule has 0 bridgehead atoms. The molecule has 0 N–H and O–H groups in total. The molecule has 0 saturated heterocycles. The molecular formula is C26H20N2O. The van der Waals surface area contributed by atoms with E-state index in [9.17, 15) is 4.79 Å². The molecule has 2 aromatic carbocycles. The van der Waals surface area contributed by atoms with Crippen molar-refractivity contribution in [3.05, 3.63) is 82.4 Å². The van der Waals surface area contributed by atoms with Crippen LogP contribution in [0.15, 0.2) is 65.6 Å². The second-order valence-corrected chi connectivity index (χ2v) is 8.12. The van der Waals surface area contributed by atoms with Gasteiger partial charge in [0.05, 0.1) is 11.2 Å². The van der Waals surface area contributed by atoms with Crippen LogP contribution in [0, 0.1) is 17.8 Å². The molecule has 4 aromatic rings. The van der Waals surface area contributed by atoms with Crippen LogP contribution in [0.25, 0.3) is 27.4 Å². The number of para-hydroxylation sites is 1. The molecule has 0 unspecified atom stereocenters. The van der Waals surface area contributed by atoms with Crippen LogP contribution < -0.4 is 5.56 Å². The third-order valence-electron chi connectivity index (χ3n) is 5.94. The monoisotopic (exact) mass is 376 g/mol. The van der Waals surface area contributed by atoms with Crippen LogP contribution in [0.3, 0.4) is 0 Å². The van der Waals surface area contributed by atoms with Gasteiger partial charge in [-0.15, -0.1) is 0 Å². The van der Waals surface area contributed by atoms with Gasteiger partial charge in [-0.1, -0.05) is 42.3 Å². The van der Waals surface area contributed by atoms with Gasteiger partial charge in [0.15, 0.2) is 0 Å². The van der Waals surface area contributed by atoms with Crippen LogP contribution in [0.1, 0.15) is 42.9 Å². The van der Waals surface area contributed by atoms with Crippen LogP contribution in [0.4, 0.5) is 0 Å². The van der Waals surface area contributed by atoms with E-state index in [1.807, 2.05) is 53.1 Å². The summed E-state index contributed by atoms with van der Waals surface area (Å²) in [5, 5.41) is 2.85. The van der Waals surface area contributed by atoms with Crippen LogP contribution in [-0.2, 0) is 0 Å². The first-order valence-corrected chi connectivity index (χ1v) is 10.3. The van der Waals surface area contributed by atoms with Crippen molar-refractivity contribution in [1.29, 1.82) is 0 Å². The molecule has 0 spiro atoms. The molecule has 3 heteroatoms. The highest BCUT2D eigenvalue weighted by Crippen LogP contribution is 2.44. The Kier molecular flexibility index (Phi) is 3.61. The first-order chi connectivity index (χ1) is 14.3. The quantitative estimate of drug-likeness (QED) is 0.452. The Labute approximate surface area is 169 Å². The summed E-state index contributed by atoms with van der Waals surface area (Å²) in [7, 11) is 0. The van der Waals surface area contributed by atoms with Gasteiger partial charge in [0.1, 0.15) is 5.69 Å². The molecule has 29 heavy (non-hydrogen) atoms. The topological polar surface area (TPSA) is 34.9 Å². The van der Waals surface area contributed by atoms with Crippen molar-refractivity contribution >= 4 is 21.7 Å². The van der Waals surface area contributed by atoms with Gasteiger partial charge in [-0.05, 0) is 66.7 Å². The second-order valence-electron chi connectivity index (χ2n) is 8.12. The minimum Gasteiger partial charge on any atom is -0.268 e. The fourth-order valence-electron chi connectivity index (χ4n) is 4.18. The van der Waals surface area contributed by atoms with Crippen molar-refractivity contribution in [2.75, 3.05) is 0 Å². The second kappa shape index (κ2) is 6.32. The highest BCUT2D eigenvalue weighted by molar-refractivity contribution is 5.91. The fraction of sp³-hybridized carbons (Fsp3) is 0.231. The van der Waals surface area contributed by atoms with E-state index in [2.05, 4.69) is 22.9 Å². The Morgan fingerprint density at radius 3 is 2.48 bits per heavy atom. The van der Waals surface area contributed by atoms with Crippen LogP contribution >= 0.6 is 0 Å². The average molecular weight is 376 g/mol. The van der Waals surface area contributed by atoms with E-state index >= 15 is 0 Å². The Morgan fingerprint density at radius 2 is 1.69 bits per heavy atom. The molecule has 2 aliphatic carbocycles. The van der Waals surface area contributed by atoms with Gasteiger partial charge in [-0.2, -0.15) is 0 Å². The molecule has 0 amide bonds. The van der Waals surface area contributed by atoms with Gasteiger partial charge in [0.2, 0.25) is 0 Å². The molecular weight excluding hydrogens is 356 g/mol. The summed E-state index contributed by atoms with van der Waals surface area (Å²) in [6, 6.07) is 18.0. The van der Waals surface area contributed by atoms with E-state index in [0.717, 1.165) is 45.9 Å². The molecule has 2 aliphatic rings. The van der Waals surface area contributed by atoms with E-state index in [0.29, 0.717) is 11.8 Å². The average Bonchev–Trinajstić information content (AvgIpc) is 3.67. The number of rotatable bonds is 2. The summed E-state index contributed by atoms with van der Waals surface area (Å²) < 4.78 is 1.83. The number of benzene rings is 2. The normalized spacial score (nSPS) is 16.0. The Hall–Kier alpha value is -3.38. The van der Waals surface area contributed by atoms with Gasteiger partial charge in [-0.3, -0.25) is 14.3 Å². The lowest BCUT2D eigenvalue weighted by Crippen LogP contribution is -2.23. The smallest absolute Gasteiger partial charge is 0.264 e. The lowest BCUT2D eigenvalue weighted by molar-refractivity contribution is 0.952. The minimum absolute atomic E-state index is 0.0109. The highest BCUT2D eigenvalue weighted by Gasteiger charge is 2.31. The van der Waals surface area contributed by atoms with Gasteiger partial charge in [0.25, 0.3) is 5.56 Å². The molecule has 3 nitrogen and oxygen atoms in total. The first kappa shape index (κ1) is 16.6. The largest absolute Gasteiger partial charge is 0.268 e. The summed E-state index contributed by atoms with van der Waals surface area (Å²) in [6.07, 6.45) is 6.44. The van der Waals surface area contributed by atoms with E-state index in [-0.39, 0.29) is 5.56 Å². The standard InChI is InChI=1S/C26H20N2O/c29-26-21-8-2-1-7-20(21)24(18-13-14-18)22(15-12-17-10-11-17)28(26)23-9-3-5-19-6-4-16-27-25(19)23/h1-9,16-18H,10-11,13-14H2. The molecule has 0 radical (unpaired) electrons. The van der Waals surface area contributed by atoms with Gasteiger partial charge in [0, 0.05) is 22.9 Å². The third kappa shape index (κ3) is 2.76. The van der Waals surface area contributed by atoms with Crippen molar-refractivity contribution in [3.63, 3.8) is 0 Å². The van der Waals surface area contributed by atoms with Crippen LogP contribution in [0.2, 0.25) is 0 Å². The zero-order valence-electron chi connectivity index (χ0n) is 16.1. The number of aromatic nitrogens is 2. The molecule has 6 rings (SSSR count). The van der Waals surface area contributed by atoms with Crippen molar-refractivity contribution in [2.24, 2.45) is 5.92 Å². The summed E-state index contributed by atoms with van der Waals surface area (Å²) in [6.45, 7) is 0. The fourth-order valence-corrected chi connectivity index (χ4v) is 4.18. The molecule has 2 aromatic heterocycles. The number of nitrogens with zero attached hydrogens (tertiary/aromatic N) is 2. The van der Waals surface area contributed by atoms with E-state index in [4.69, 9.17) is 0 Å². The van der Waals surface area contributed by atoms with Gasteiger partial charge < -0.3 is 0 Å². The number of hydrogen-bond donors (Lipinski definition) is 0. The van der Waals surface area contributed by atoms with Crippen molar-refractivity contribution < 1.29 is 0 Å². The van der Waals surface area contributed by atoms with Crippen molar-refractivity contribution in [2.45, 2.75) is 31.6 Å². The maximum absolute atomic E-state index is 13.7. The Balaban J connectivity index is 1.78. The lowest BCUT2D eigenvalue weighted by Gasteiger charge is -2.17. The summed E-state index contributed by atoms with van der Waals surface area (Å²) >= 11 is 0. The lowest BCUT2D eigenvalue weighted by atomic mass is 9.99. The zero-order chi connectivity index (χ0) is 19.4. The maximum atomic E-state index is 13.7. The van der Waals surface area contributed by atoms with Crippen molar-refractivity contribution in [3.8, 4) is 17.5 Å². The predicted octanol–water partition coefficient (Wildman–Crippen LogP) is 5.18. The highest BCUT2D eigenvalue weighted by atomic mass is 16.1. The molecule has 2 heterocycles. The number of hydrogen-bond acceptors (Lipinski definition) is 2. The summed E-state index contributed by atoms with van der Waals surface area (Å²) in [4.78, 5) is 18.3. The SMILES string of the molecule is O=c1c2ccccc2c(C2CC2)c(C#CC2CC2)n1-c1cccc2cccnc12. The zero-order valence-corrected chi connectivity index (χ0v) is 16.1. The Bertz CT molecular complexity index is 1390. The van der Waals surface area contributed by atoms with E-state index in [1.165, 1.54) is 18.4 Å². The van der Waals surface area contributed by atoms with Crippen LogP contribution in [-0.4, -0.2) is 9.55 Å². The van der Waals surface area contributed by atoms with Gasteiger partial charge >= 0.3 is 0 Å². The maximum Gasteiger partial charge on any atom is 0.264 e. The van der Waals surface area contributed by atoms with E-state index in [1.54, 1.807) is 6.20 Å². The number of fused-ring (bicyclic) bond motifs is 2. The van der Waals surface area contributed by atoms with E-state index < -0.39 is 0 Å². The Morgan fingerprint density at radius 1 is 0.897 bits per heavy atom. The van der Waals surface area contributed by atoms with Crippen molar-refractivity contribution in [1.82, 2.24) is 9.55 Å². The molecule has 0 aliphatic heterocycles. The molecule has 0 atom stereocenters. The minimum atomic E-state index is -0.0109. The predicted molar refractivity (Wildman–Crippen MR) is 116 cm³/mol. The molecule has 2 saturated carbocycles. The molecule has 2 fully saturated rings. The van der Waals surface area contributed by atoms with Gasteiger partial charge in [-0.25, -0.2) is 0 Å². The molecule has 140 valence electrons. The third-order valence-corrected chi connectivity index (χ3v) is 5.94.